The van der Waals surface area contributed by atoms with E-state index in [4.69, 9.17) is 5.10 Å². The Balaban J connectivity index is 1.38. The van der Waals surface area contributed by atoms with Crippen molar-refractivity contribution in [2.45, 2.75) is 104 Å². The molecule has 5 rings (SSSR count). The second-order valence-corrected chi connectivity index (χ2v) is 13.1. The van der Waals surface area contributed by atoms with Crippen molar-refractivity contribution in [1.82, 2.24) is 24.9 Å². The van der Waals surface area contributed by atoms with Crippen molar-refractivity contribution >= 4 is 11.8 Å². The predicted molar refractivity (Wildman–Crippen MR) is 160 cm³/mol. The molecule has 0 bridgehead atoms. The summed E-state index contributed by atoms with van der Waals surface area (Å²) in [6.45, 7) is 12.9. The summed E-state index contributed by atoms with van der Waals surface area (Å²) in [6, 6.07) is 10.5. The molecular weight excluding hydrogens is 498 g/mol. The van der Waals surface area contributed by atoms with E-state index < -0.39 is 5.54 Å². The molecular formula is C33H49N5O2. The van der Waals surface area contributed by atoms with Gasteiger partial charge in [-0.15, -0.1) is 0 Å². The van der Waals surface area contributed by atoms with Crippen molar-refractivity contribution in [2.24, 2.45) is 11.8 Å². The molecule has 218 valence electrons. The molecule has 3 atom stereocenters. The van der Waals surface area contributed by atoms with E-state index in [0.717, 1.165) is 69.4 Å². The number of benzene rings is 1. The third kappa shape index (κ3) is 6.29. The Bertz CT molecular complexity index is 1160. The Morgan fingerprint density at radius 1 is 1.02 bits per heavy atom. The summed E-state index contributed by atoms with van der Waals surface area (Å²) in [4.78, 5) is 32.5. The van der Waals surface area contributed by atoms with Gasteiger partial charge in [0.05, 0.1) is 12.2 Å². The summed E-state index contributed by atoms with van der Waals surface area (Å²) in [5.41, 5.74) is 2.66. The van der Waals surface area contributed by atoms with Gasteiger partial charge in [-0.3, -0.25) is 14.3 Å². The molecule has 2 amide bonds. The molecule has 0 unspecified atom stereocenters. The fourth-order valence-electron chi connectivity index (χ4n) is 7.24. The van der Waals surface area contributed by atoms with E-state index in [2.05, 4.69) is 55.3 Å². The average molecular weight is 548 g/mol. The lowest BCUT2D eigenvalue weighted by atomic mass is 9.91. The minimum atomic E-state index is -0.978. The average Bonchev–Trinajstić information content (AvgIpc) is 3.18. The zero-order valence-electron chi connectivity index (χ0n) is 25.1. The van der Waals surface area contributed by atoms with Crippen molar-refractivity contribution in [3.63, 3.8) is 0 Å². The molecule has 2 aromatic rings. The number of aryl methyl sites for hydroxylation is 1. The maximum atomic E-state index is 14.1. The number of nitrogens with one attached hydrogen (secondary N) is 1. The van der Waals surface area contributed by atoms with Crippen molar-refractivity contribution in [3.05, 3.63) is 41.6 Å². The summed E-state index contributed by atoms with van der Waals surface area (Å²) in [5, 5.41) is 8.22. The lowest BCUT2D eigenvalue weighted by Crippen LogP contribution is -2.65. The maximum Gasteiger partial charge on any atom is 0.273 e. The quantitative estimate of drug-likeness (QED) is 0.441. The third-order valence-corrected chi connectivity index (χ3v) is 9.44. The highest BCUT2D eigenvalue weighted by Crippen LogP contribution is 2.31. The number of nitrogens with zero attached hydrogens (tertiary/aromatic N) is 4. The van der Waals surface area contributed by atoms with Crippen LogP contribution in [-0.2, 0) is 17.8 Å². The molecule has 1 saturated heterocycles. The second kappa shape index (κ2) is 12.5. The smallest absolute Gasteiger partial charge is 0.273 e. The van der Waals surface area contributed by atoms with Crippen molar-refractivity contribution < 1.29 is 9.59 Å². The molecule has 2 aliphatic heterocycles. The second-order valence-electron chi connectivity index (χ2n) is 13.1. The number of carbonyl (C=O) groups is 2. The lowest BCUT2D eigenvalue weighted by molar-refractivity contribution is -0.134. The van der Waals surface area contributed by atoms with Crippen molar-refractivity contribution in [2.75, 3.05) is 26.2 Å². The molecule has 0 spiro atoms. The Kier molecular flexibility index (Phi) is 8.98. The first-order valence-electron chi connectivity index (χ1n) is 15.8. The topological polar surface area (TPSA) is 70.5 Å². The fraction of sp³-hybridized carbons (Fsp3) is 0.667. The molecule has 0 radical (unpaired) electrons. The molecule has 2 fully saturated rings. The Hall–Kier alpha value is -2.67. The van der Waals surface area contributed by atoms with Gasteiger partial charge in [-0.05, 0) is 69.0 Å². The highest BCUT2D eigenvalue weighted by molar-refractivity contribution is 6.00. The van der Waals surface area contributed by atoms with Gasteiger partial charge in [0.15, 0.2) is 0 Å². The van der Waals surface area contributed by atoms with Crippen LogP contribution in [0.25, 0.3) is 11.3 Å². The standard InChI is InChI=1S/C33H49N5O2/c1-5-26-13-15-27(16-14-26)29-20-30-31(39)37(18-10-17-36-21-24(2)19-25(3)22-36)33(4,23-38(30)35-29)32(40)34-28-11-8-6-7-9-12-28/h13-16,20,24-25,28H,5-12,17-19,21-23H2,1-4H3,(H,34,40)/t24-,25-,33+/m0/s1. The van der Waals surface area contributed by atoms with Gasteiger partial charge in [0.2, 0.25) is 5.91 Å². The first kappa shape index (κ1) is 28.8. The van der Waals surface area contributed by atoms with Crippen LogP contribution in [-0.4, -0.2) is 69.2 Å². The van der Waals surface area contributed by atoms with Crippen LogP contribution in [0.2, 0.25) is 0 Å². The molecule has 7 heteroatoms. The first-order valence-corrected chi connectivity index (χ1v) is 15.8. The van der Waals surface area contributed by atoms with Gasteiger partial charge in [0.1, 0.15) is 11.2 Å². The number of fused-ring (bicyclic) bond motifs is 1. The van der Waals surface area contributed by atoms with E-state index in [1.54, 1.807) is 4.68 Å². The number of carbonyl (C=O) groups excluding carboxylic acids is 2. The number of piperidine rings is 1. The van der Waals surface area contributed by atoms with Gasteiger partial charge in [0.25, 0.3) is 5.91 Å². The SMILES string of the molecule is CCc1ccc(-c2cc3n(n2)C[C@](C)(C(=O)NC2CCCCCC2)N(CCCN2C[C@@H](C)C[C@H](C)C2)C3=O)cc1. The summed E-state index contributed by atoms with van der Waals surface area (Å²) < 4.78 is 1.78. The van der Waals surface area contributed by atoms with E-state index in [1.807, 2.05) is 17.9 Å². The van der Waals surface area contributed by atoms with E-state index in [-0.39, 0.29) is 17.9 Å². The molecule has 1 N–H and O–H groups in total. The Morgan fingerprint density at radius 3 is 2.35 bits per heavy atom. The van der Waals surface area contributed by atoms with Crippen LogP contribution in [0.3, 0.4) is 0 Å². The van der Waals surface area contributed by atoms with Gasteiger partial charge < -0.3 is 15.1 Å². The Morgan fingerprint density at radius 2 is 1.70 bits per heavy atom. The molecule has 40 heavy (non-hydrogen) atoms. The summed E-state index contributed by atoms with van der Waals surface area (Å²) in [7, 11) is 0. The zero-order valence-corrected chi connectivity index (χ0v) is 25.1. The van der Waals surface area contributed by atoms with E-state index in [9.17, 15) is 9.59 Å². The number of aromatic nitrogens is 2. The van der Waals surface area contributed by atoms with Gasteiger partial charge in [0, 0.05) is 31.2 Å². The predicted octanol–water partition coefficient (Wildman–Crippen LogP) is 5.53. The number of amides is 2. The van der Waals surface area contributed by atoms with Crippen LogP contribution in [0.15, 0.2) is 30.3 Å². The fourth-order valence-corrected chi connectivity index (χ4v) is 7.24. The van der Waals surface area contributed by atoms with Crippen LogP contribution < -0.4 is 5.32 Å². The van der Waals surface area contributed by atoms with Gasteiger partial charge in [-0.2, -0.15) is 5.10 Å². The molecule has 1 aromatic heterocycles. The van der Waals surface area contributed by atoms with Gasteiger partial charge in [-0.1, -0.05) is 70.7 Å². The van der Waals surface area contributed by atoms with E-state index >= 15 is 0 Å². The summed E-state index contributed by atoms with van der Waals surface area (Å²) in [5.74, 6) is 1.28. The van der Waals surface area contributed by atoms with Gasteiger partial charge >= 0.3 is 0 Å². The number of hydrogen-bond donors (Lipinski definition) is 1. The summed E-state index contributed by atoms with van der Waals surface area (Å²) >= 11 is 0. The molecule has 1 saturated carbocycles. The van der Waals surface area contributed by atoms with Crippen LogP contribution in [0.5, 0.6) is 0 Å². The number of hydrogen-bond acceptors (Lipinski definition) is 4. The normalized spacial score (nSPS) is 26.4. The number of likely N-dealkylation sites (tertiary alicyclic amines) is 1. The number of rotatable bonds is 8. The van der Waals surface area contributed by atoms with E-state index in [1.165, 1.54) is 24.8 Å². The lowest BCUT2D eigenvalue weighted by Gasteiger charge is -2.44. The Labute approximate surface area is 240 Å². The highest BCUT2D eigenvalue weighted by atomic mass is 16.2. The molecule has 1 aromatic carbocycles. The minimum absolute atomic E-state index is 0.0389. The van der Waals surface area contributed by atoms with Crippen LogP contribution in [0.4, 0.5) is 0 Å². The van der Waals surface area contributed by atoms with Crippen molar-refractivity contribution in [1.29, 1.82) is 0 Å². The van der Waals surface area contributed by atoms with Crippen LogP contribution >= 0.6 is 0 Å². The van der Waals surface area contributed by atoms with Gasteiger partial charge in [-0.25, -0.2) is 0 Å². The largest absolute Gasteiger partial charge is 0.351 e. The molecule has 3 heterocycles. The molecule has 1 aliphatic carbocycles. The van der Waals surface area contributed by atoms with Crippen LogP contribution in [0, 0.1) is 11.8 Å². The molecule has 3 aliphatic rings. The van der Waals surface area contributed by atoms with Crippen molar-refractivity contribution in [3.8, 4) is 11.3 Å². The third-order valence-electron chi connectivity index (χ3n) is 9.44. The minimum Gasteiger partial charge on any atom is -0.351 e. The van der Waals surface area contributed by atoms with E-state index in [0.29, 0.717) is 30.6 Å². The van der Waals surface area contributed by atoms with Crippen LogP contribution in [0.1, 0.15) is 95.1 Å². The first-order chi connectivity index (χ1) is 19.3. The highest BCUT2D eigenvalue weighted by Gasteiger charge is 2.48. The maximum absolute atomic E-state index is 14.1. The monoisotopic (exact) mass is 547 g/mol. The summed E-state index contributed by atoms with van der Waals surface area (Å²) in [6.07, 6.45) is 9.95. The zero-order chi connectivity index (χ0) is 28.3. The molecule has 7 nitrogen and oxygen atoms in total.